The molecule has 1 atom stereocenters. The maximum Gasteiger partial charge on any atom is 0.236 e. The van der Waals surface area contributed by atoms with Gasteiger partial charge >= 0.3 is 0 Å². The summed E-state index contributed by atoms with van der Waals surface area (Å²) in [6, 6.07) is 2.38. The van der Waals surface area contributed by atoms with Crippen molar-refractivity contribution in [1.82, 2.24) is 14.9 Å². The average molecular weight is 323 g/mol. The molecule has 1 amide bonds. The molecule has 0 spiro atoms. The number of carbonyl (C=O) groups is 1. The quantitative estimate of drug-likeness (QED) is 0.620. The number of aromatic nitrogens is 2. The first-order valence-electron chi connectivity index (χ1n) is 7.08. The molecular formula is C15H21N3OS2. The Labute approximate surface area is 134 Å². The second-order valence-electron chi connectivity index (χ2n) is 5.51. The zero-order chi connectivity index (χ0) is 15.6. The van der Waals surface area contributed by atoms with Crippen LogP contribution in [0.15, 0.2) is 22.8 Å². The molecule has 114 valence electrons. The molecule has 2 aromatic rings. The van der Waals surface area contributed by atoms with Crippen molar-refractivity contribution < 1.29 is 4.79 Å². The van der Waals surface area contributed by atoms with Crippen molar-refractivity contribution in [2.24, 2.45) is 0 Å². The van der Waals surface area contributed by atoms with E-state index in [1.165, 1.54) is 11.8 Å². The molecule has 2 rings (SSSR count). The van der Waals surface area contributed by atoms with Crippen LogP contribution in [-0.2, 0) is 4.79 Å². The minimum Gasteiger partial charge on any atom is -0.337 e. The summed E-state index contributed by atoms with van der Waals surface area (Å²) >= 11 is 3.13. The minimum absolute atomic E-state index is 0.157. The van der Waals surface area contributed by atoms with Gasteiger partial charge in [0.1, 0.15) is 11.4 Å². The molecule has 2 heterocycles. The van der Waals surface area contributed by atoms with E-state index in [-0.39, 0.29) is 23.2 Å². The van der Waals surface area contributed by atoms with Gasteiger partial charge in [-0.05, 0) is 46.1 Å². The molecule has 21 heavy (non-hydrogen) atoms. The van der Waals surface area contributed by atoms with E-state index in [1.807, 2.05) is 23.3 Å². The van der Waals surface area contributed by atoms with Crippen LogP contribution in [0.5, 0.6) is 0 Å². The highest BCUT2D eigenvalue weighted by Gasteiger charge is 2.26. The van der Waals surface area contributed by atoms with E-state index in [0.29, 0.717) is 0 Å². The van der Waals surface area contributed by atoms with E-state index >= 15 is 0 Å². The Bertz CT molecular complexity index is 616. The molecule has 0 bridgehead atoms. The molecule has 0 aliphatic carbocycles. The Kier molecular flexibility index (Phi) is 5.22. The van der Waals surface area contributed by atoms with Crippen molar-refractivity contribution in [3.8, 4) is 0 Å². The van der Waals surface area contributed by atoms with E-state index in [2.05, 4.69) is 37.7 Å². The van der Waals surface area contributed by atoms with Crippen LogP contribution in [0.4, 0.5) is 0 Å². The summed E-state index contributed by atoms with van der Waals surface area (Å²) in [7, 11) is 0. The van der Waals surface area contributed by atoms with Crippen molar-refractivity contribution in [2.45, 2.75) is 57.0 Å². The zero-order valence-corrected chi connectivity index (χ0v) is 14.7. The van der Waals surface area contributed by atoms with E-state index in [9.17, 15) is 4.79 Å². The van der Waals surface area contributed by atoms with Crippen LogP contribution >= 0.6 is 23.1 Å². The molecule has 1 unspecified atom stereocenters. The van der Waals surface area contributed by atoms with Crippen molar-refractivity contribution in [2.75, 3.05) is 0 Å². The van der Waals surface area contributed by atoms with Gasteiger partial charge in [-0.25, -0.2) is 9.97 Å². The SMILES string of the molecule is CC(Sc1ncnc2ccsc12)C(=O)N(C(C)C)C(C)C. The fraction of sp³-hybridized carbons (Fsp3) is 0.533. The van der Waals surface area contributed by atoms with Crippen molar-refractivity contribution in [3.05, 3.63) is 17.8 Å². The molecule has 0 aliphatic heterocycles. The van der Waals surface area contributed by atoms with Gasteiger partial charge in [0.15, 0.2) is 0 Å². The topological polar surface area (TPSA) is 46.1 Å². The van der Waals surface area contributed by atoms with Gasteiger partial charge in [-0.15, -0.1) is 11.3 Å². The second-order valence-corrected chi connectivity index (χ2v) is 7.75. The molecule has 0 aliphatic rings. The number of rotatable bonds is 5. The van der Waals surface area contributed by atoms with Crippen LogP contribution in [0, 0.1) is 0 Å². The molecule has 2 aromatic heterocycles. The lowest BCUT2D eigenvalue weighted by atomic mass is 10.2. The van der Waals surface area contributed by atoms with Gasteiger partial charge in [-0.1, -0.05) is 11.8 Å². The normalized spacial score (nSPS) is 13.1. The van der Waals surface area contributed by atoms with Gasteiger partial charge in [0.05, 0.1) is 15.5 Å². The number of hydrogen-bond donors (Lipinski definition) is 0. The summed E-state index contributed by atoms with van der Waals surface area (Å²) in [5.41, 5.74) is 0.946. The Hall–Kier alpha value is -1.14. The van der Waals surface area contributed by atoms with Gasteiger partial charge in [0, 0.05) is 12.1 Å². The van der Waals surface area contributed by atoms with Gasteiger partial charge in [0.25, 0.3) is 0 Å². The van der Waals surface area contributed by atoms with E-state index in [1.54, 1.807) is 17.7 Å². The highest BCUT2D eigenvalue weighted by atomic mass is 32.2. The largest absolute Gasteiger partial charge is 0.337 e. The summed E-state index contributed by atoms with van der Waals surface area (Å²) in [4.78, 5) is 23.2. The molecule has 6 heteroatoms. The lowest BCUT2D eigenvalue weighted by Crippen LogP contribution is -2.45. The van der Waals surface area contributed by atoms with Crippen molar-refractivity contribution in [3.63, 3.8) is 0 Å². The predicted molar refractivity (Wildman–Crippen MR) is 89.9 cm³/mol. The maximum absolute atomic E-state index is 12.7. The number of thioether (sulfide) groups is 1. The molecule has 0 saturated carbocycles. The molecule has 0 radical (unpaired) electrons. The Morgan fingerprint density at radius 2 is 1.86 bits per heavy atom. The average Bonchev–Trinajstić information content (AvgIpc) is 2.87. The maximum atomic E-state index is 12.7. The first-order valence-corrected chi connectivity index (χ1v) is 8.84. The summed E-state index contributed by atoms with van der Waals surface area (Å²) in [5.74, 6) is 0.160. The highest BCUT2D eigenvalue weighted by Crippen LogP contribution is 2.32. The number of nitrogens with zero attached hydrogens (tertiary/aromatic N) is 3. The molecular weight excluding hydrogens is 302 g/mol. The van der Waals surface area contributed by atoms with Crippen LogP contribution in [0.1, 0.15) is 34.6 Å². The third-order valence-corrected chi connectivity index (χ3v) is 5.34. The van der Waals surface area contributed by atoms with Crippen molar-refractivity contribution in [1.29, 1.82) is 0 Å². The van der Waals surface area contributed by atoms with Crippen molar-refractivity contribution >= 4 is 39.2 Å². The smallest absolute Gasteiger partial charge is 0.236 e. The Morgan fingerprint density at radius 3 is 2.48 bits per heavy atom. The Balaban J connectivity index is 2.19. The standard InChI is InChI=1S/C15H21N3OS2/c1-9(2)18(10(3)4)15(19)11(5)21-14-13-12(6-7-20-13)16-8-17-14/h6-11H,1-5H3. The fourth-order valence-corrected chi connectivity index (χ4v) is 4.28. The lowest BCUT2D eigenvalue weighted by molar-refractivity contribution is -0.133. The first kappa shape index (κ1) is 16.2. The minimum atomic E-state index is -0.157. The predicted octanol–water partition coefficient (Wildman–Crippen LogP) is 3.82. The number of fused-ring (bicyclic) bond motifs is 1. The summed E-state index contributed by atoms with van der Waals surface area (Å²) in [5, 5.41) is 2.74. The zero-order valence-electron chi connectivity index (χ0n) is 13.0. The summed E-state index contributed by atoms with van der Waals surface area (Å²) < 4.78 is 1.06. The summed E-state index contributed by atoms with van der Waals surface area (Å²) in [6.45, 7) is 10.2. The lowest BCUT2D eigenvalue weighted by Gasteiger charge is -2.32. The van der Waals surface area contributed by atoms with Gasteiger partial charge in [-0.2, -0.15) is 0 Å². The highest BCUT2D eigenvalue weighted by molar-refractivity contribution is 8.00. The van der Waals surface area contributed by atoms with E-state index < -0.39 is 0 Å². The van der Waals surface area contributed by atoms with Crippen LogP contribution in [0.2, 0.25) is 0 Å². The van der Waals surface area contributed by atoms with Gasteiger partial charge < -0.3 is 4.90 Å². The van der Waals surface area contributed by atoms with Crippen LogP contribution in [0.3, 0.4) is 0 Å². The first-order chi connectivity index (χ1) is 9.91. The van der Waals surface area contributed by atoms with Crippen LogP contribution in [0.25, 0.3) is 10.2 Å². The van der Waals surface area contributed by atoms with Gasteiger partial charge in [0.2, 0.25) is 5.91 Å². The number of hydrogen-bond acceptors (Lipinski definition) is 5. The molecule has 0 fully saturated rings. The number of amides is 1. The second kappa shape index (κ2) is 6.75. The van der Waals surface area contributed by atoms with E-state index in [0.717, 1.165) is 15.2 Å². The summed E-state index contributed by atoms with van der Waals surface area (Å²) in [6.07, 6.45) is 1.57. The van der Waals surface area contributed by atoms with Crippen LogP contribution < -0.4 is 0 Å². The third kappa shape index (κ3) is 3.55. The monoisotopic (exact) mass is 323 g/mol. The molecule has 0 N–H and O–H groups in total. The number of carbonyl (C=O) groups excluding carboxylic acids is 1. The Morgan fingerprint density at radius 1 is 1.19 bits per heavy atom. The van der Waals surface area contributed by atoms with E-state index in [4.69, 9.17) is 0 Å². The fourth-order valence-electron chi connectivity index (χ4n) is 2.38. The molecule has 0 saturated heterocycles. The molecule has 4 nitrogen and oxygen atoms in total. The van der Waals surface area contributed by atoms with Crippen LogP contribution in [-0.4, -0.2) is 38.1 Å². The molecule has 0 aromatic carbocycles. The third-order valence-electron chi connectivity index (χ3n) is 3.21. The number of thiophene rings is 1. The van der Waals surface area contributed by atoms with Gasteiger partial charge in [-0.3, -0.25) is 4.79 Å².